The Balaban J connectivity index is 1.75. The van der Waals surface area contributed by atoms with Gasteiger partial charge in [-0.3, -0.25) is 4.79 Å². The Hall–Kier alpha value is -2.41. The average molecular weight is 288 g/mol. The number of carboxylic acid groups (broad SMARTS) is 1. The fourth-order valence-corrected chi connectivity index (χ4v) is 2.46. The van der Waals surface area contributed by atoms with Crippen LogP contribution >= 0.6 is 0 Å². The second-order valence-corrected chi connectivity index (χ2v) is 5.00. The van der Waals surface area contributed by atoms with Crippen LogP contribution in [-0.4, -0.2) is 45.8 Å². The molecule has 2 aromatic rings. The van der Waals surface area contributed by atoms with Crippen molar-refractivity contribution in [2.75, 3.05) is 13.7 Å². The second kappa shape index (κ2) is 5.53. The number of aromatic nitrogens is 3. The van der Waals surface area contributed by atoms with Gasteiger partial charge in [-0.25, -0.2) is 4.68 Å². The van der Waals surface area contributed by atoms with Gasteiger partial charge < -0.3 is 15.2 Å². The molecular formula is C14H16N4O3. The summed E-state index contributed by atoms with van der Waals surface area (Å²) in [6.45, 7) is 0.586. The van der Waals surface area contributed by atoms with Crippen LogP contribution in [0, 0.1) is 0 Å². The largest absolute Gasteiger partial charge is 0.497 e. The third kappa shape index (κ3) is 2.73. The number of hydrogen-bond acceptors (Lipinski definition) is 5. The summed E-state index contributed by atoms with van der Waals surface area (Å²) in [7, 11) is 1.62. The summed E-state index contributed by atoms with van der Waals surface area (Å²) in [6.07, 6.45) is 2.36. The molecule has 3 rings (SSSR count). The van der Waals surface area contributed by atoms with Crippen LogP contribution in [0.1, 0.15) is 12.5 Å². The lowest BCUT2D eigenvalue weighted by atomic mass is 10.1. The van der Waals surface area contributed by atoms with E-state index in [1.165, 1.54) is 0 Å². The molecule has 1 aliphatic rings. The molecule has 2 atom stereocenters. The van der Waals surface area contributed by atoms with Crippen LogP contribution < -0.4 is 10.1 Å². The first-order chi connectivity index (χ1) is 10.2. The van der Waals surface area contributed by atoms with E-state index in [0.717, 1.165) is 17.0 Å². The molecule has 1 aromatic heterocycles. The monoisotopic (exact) mass is 288 g/mol. The maximum absolute atomic E-state index is 10.9. The van der Waals surface area contributed by atoms with Gasteiger partial charge in [-0.2, -0.15) is 0 Å². The van der Waals surface area contributed by atoms with Crippen molar-refractivity contribution in [2.45, 2.75) is 18.5 Å². The first kappa shape index (κ1) is 13.6. The molecule has 2 N–H and O–H groups in total. The van der Waals surface area contributed by atoms with Gasteiger partial charge in [0.1, 0.15) is 17.5 Å². The van der Waals surface area contributed by atoms with Gasteiger partial charge in [-0.15, -0.1) is 5.10 Å². The highest BCUT2D eigenvalue weighted by Gasteiger charge is 2.30. The van der Waals surface area contributed by atoms with Gasteiger partial charge in [0.25, 0.3) is 0 Å². The summed E-state index contributed by atoms with van der Waals surface area (Å²) in [5.74, 6) is -0.0385. The number of carbonyl (C=O) groups is 1. The predicted molar refractivity (Wildman–Crippen MR) is 75.1 cm³/mol. The molecule has 110 valence electrons. The number of rotatable bonds is 4. The molecule has 0 unspecified atom stereocenters. The number of nitrogens with one attached hydrogen (secondary N) is 1. The highest BCUT2D eigenvalue weighted by atomic mass is 16.5. The second-order valence-electron chi connectivity index (χ2n) is 5.00. The summed E-state index contributed by atoms with van der Waals surface area (Å²) in [6, 6.07) is 7.08. The van der Waals surface area contributed by atoms with Crippen molar-refractivity contribution in [3.8, 4) is 17.0 Å². The van der Waals surface area contributed by atoms with Crippen molar-refractivity contribution >= 4 is 5.97 Å². The van der Waals surface area contributed by atoms with Crippen LogP contribution in [0.2, 0.25) is 0 Å². The van der Waals surface area contributed by atoms with Crippen molar-refractivity contribution in [1.29, 1.82) is 0 Å². The minimum Gasteiger partial charge on any atom is -0.497 e. The molecule has 1 saturated heterocycles. The molecule has 1 aliphatic heterocycles. The summed E-state index contributed by atoms with van der Waals surface area (Å²) in [5.41, 5.74) is 1.71. The van der Waals surface area contributed by atoms with E-state index in [2.05, 4.69) is 15.6 Å². The smallest absolute Gasteiger partial charge is 0.320 e. The van der Waals surface area contributed by atoms with E-state index in [0.29, 0.717) is 13.0 Å². The van der Waals surface area contributed by atoms with Gasteiger partial charge in [0.2, 0.25) is 0 Å². The first-order valence-electron chi connectivity index (χ1n) is 6.70. The van der Waals surface area contributed by atoms with E-state index < -0.39 is 12.0 Å². The van der Waals surface area contributed by atoms with Crippen molar-refractivity contribution < 1.29 is 14.6 Å². The van der Waals surface area contributed by atoms with E-state index >= 15 is 0 Å². The van der Waals surface area contributed by atoms with E-state index in [1.807, 2.05) is 30.5 Å². The third-order valence-corrected chi connectivity index (χ3v) is 3.68. The molecule has 21 heavy (non-hydrogen) atoms. The Bertz CT molecular complexity index is 638. The molecule has 0 spiro atoms. The van der Waals surface area contributed by atoms with E-state index in [1.54, 1.807) is 11.8 Å². The molecular weight excluding hydrogens is 272 g/mol. The Morgan fingerprint density at radius 1 is 1.43 bits per heavy atom. The van der Waals surface area contributed by atoms with Crippen molar-refractivity contribution in [1.82, 2.24) is 20.3 Å². The van der Waals surface area contributed by atoms with Gasteiger partial charge in [0, 0.05) is 12.1 Å². The van der Waals surface area contributed by atoms with Crippen molar-refractivity contribution in [2.24, 2.45) is 0 Å². The highest BCUT2D eigenvalue weighted by molar-refractivity contribution is 5.73. The topological polar surface area (TPSA) is 89.3 Å². The minimum absolute atomic E-state index is 0.0191. The molecule has 0 saturated carbocycles. The van der Waals surface area contributed by atoms with Gasteiger partial charge >= 0.3 is 5.97 Å². The van der Waals surface area contributed by atoms with Crippen molar-refractivity contribution in [3.63, 3.8) is 0 Å². The summed E-state index contributed by atoms with van der Waals surface area (Å²) >= 11 is 0. The average Bonchev–Trinajstić information content (AvgIpc) is 3.16. The van der Waals surface area contributed by atoms with Gasteiger partial charge in [0.05, 0.1) is 19.3 Å². The molecule has 2 heterocycles. The molecule has 1 aromatic carbocycles. The van der Waals surface area contributed by atoms with Gasteiger partial charge in [-0.1, -0.05) is 5.21 Å². The Kier molecular flexibility index (Phi) is 3.57. The molecule has 0 bridgehead atoms. The maximum atomic E-state index is 10.9. The van der Waals surface area contributed by atoms with E-state index in [4.69, 9.17) is 9.84 Å². The number of hydrogen-bond donors (Lipinski definition) is 2. The minimum atomic E-state index is -0.826. The Morgan fingerprint density at radius 2 is 2.19 bits per heavy atom. The number of carboxylic acids is 1. The fourth-order valence-electron chi connectivity index (χ4n) is 2.46. The lowest BCUT2D eigenvalue weighted by molar-refractivity contribution is -0.139. The molecule has 7 heteroatoms. The first-order valence-corrected chi connectivity index (χ1v) is 6.70. The zero-order valence-corrected chi connectivity index (χ0v) is 11.6. The zero-order valence-electron chi connectivity index (χ0n) is 11.6. The highest BCUT2D eigenvalue weighted by Crippen LogP contribution is 2.23. The van der Waals surface area contributed by atoms with Gasteiger partial charge in [-0.05, 0) is 30.7 Å². The SMILES string of the molecule is COc1ccc(-c2cn([C@@H]3CN[C@H](C(=O)O)C3)nn2)cc1. The Morgan fingerprint density at radius 3 is 2.81 bits per heavy atom. The van der Waals surface area contributed by atoms with Crippen LogP contribution in [-0.2, 0) is 4.79 Å². The van der Waals surface area contributed by atoms with Crippen LogP contribution in [0.15, 0.2) is 30.5 Å². The standard InChI is InChI=1S/C14H16N4O3/c1-21-11-4-2-9(3-5-11)13-8-18(17-16-13)10-6-12(14(19)20)15-7-10/h2-5,8,10,12,15H,6-7H2,1H3,(H,19,20)/t10-,12-/m0/s1. The molecule has 0 amide bonds. The predicted octanol–water partition coefficient (Wildman–Crippen LogP) is 0.941. The quantitative estimate of drug-likeness (QED) is 0.870. The fraction of sp³-hybridized carbons (Fsp3) is 0.357. The normalized spacial score (nSPS) is 21.4. The number of nitrogens with zero attached hydrogens (tertiary/aromatic N) is 3. The van der Waals surface area contributed by atoms with Gasteiger partial charge in [0.15, 0.2) is 0 Å². The van der Waals surface area contributed by atoms with E-state index in [-0.39, 0.29) is 6.04 Å². The third-order valence-electron chi connectivity index (χ3n) is 3.68. The number of aliphatic carboxylic acids is 1. The summed E-state index contributed by atoms with van der Waals surface area (Å²) < 4.78 is 6.85. The van der Waals surface area contributed by atoms with Crippen LogP contribution in [0.5, 0.6) is 5.75 Å². The summed E-state index contributed by atoms with van der Waals surface area (Å²) in [5, 5.41) is 20.2. The molecule has 0 aliphatic carbocycles. The number of ether oxygens (including phenoxy) is 1. The van der Waals surface area contributed by atoms with Crippen LogP contribution in [0.4, 0.5) is 0 Å². The maximum Gasteiger partial charge on any atom is 0.320 e. The lowest BCUT2D eigenvalue weighted by Crippen LogP contribution is -2.29. The zero-order chi connectivity index (χ0) is 14.8. The van der Waals surface area contributed by atoms with E-state index in [9.17, 15) is 4.79 Å². The van der Waals surface area contributed by atoms with Crippen molar-refractivity contribution in [3.05, 3.63) is 30.5 Å². The molecule has 7 nitrogen and oxygen atoms in total. The number of benzene rings is 1. The van der Waals surface area contributed by atoms with Crippen LogP contribution in [0.25, 0.3) is 11.3 Å². The summed E-state index contributed by atoms with van der Waals surface area (Å²) in [4.78, 5) is 10.9. The Labute approximate surface area is 121 Å². The van der Waals surface area contributed by atoms with Crippen LogP contribution in [0.3, 0.4) is 0 Å². The lowest BCUT2D eigenvalue weighted by Gasteiger charge is -2.07. The molecule has 0 radical (unpaired) electrons. The molecule has 1 fully saturated rings. The number of methoxy groups -OCH3 is 1.